The lowest BCUT2D eigenvalue weighted by molar-refractivity contribution is -0.144. The molecule has 0 saturated carbocycles. The molecule has 0 aliphatic rings. The van der Waals surface area contributed by atoms with Crippen LogP contribution in [-0.4, -0.2) is 18.2 Å². The van der Waals surface area contributed by atoms with E-state index in [4.69, 9.17) is 10.5 Å². The Hall–Kier alpha value is -1.55. The largest absolute Gasteiger partial charge is 0.497 e. The summed E-state index contributed by atoms with van der Waals surface area (Å²) in [7, 11) is 1.56. The van der Waals surface area contributed by atoms with Gasteiger partial charge in [0.25, 0.3) is 0 Å². The number of hydrogen-bond acceptors (Lipinski definition) is 3. The molecule has 16 heavy (non-hydrogen) atoms. The Morgan fingerprint density at radius 2 is 2.00 bits per heavy atom. The number of carboxylic acid groups (broad SMARTS) is 1. The van der Waals surface area contributed by atoms with E-state index in [-0.39, 0.29) is 0 Å². The summed E-state index contributed by atoms with van der Waals surface area (Å²) >= 11 is 0. The van der Waals surface area contributed by atoms with Crippen LogP contribution in [0.4, 0.5) is 0 Å². The normalized spacial score (nSPS) is 14.2. The first-order chi connectivity index (χ1) is 7.54. The van der Waals surface area contributed by atoms with Gasteiger partial charge in [0.05, 0.1) is 7.11 Å². The lowest BCUT2D eigenvalue weighted by atomic mass is 9.87. The summed E-state index contributed by atoms with van der Waals surface area (Å²) in [5.74, 6) is -0.312. The third-order valence-corrected chi connectivity index (χ3v) is 2.63. The fraction of sp³-hybridized carbons (Fsp3) is 0.417. The highest BCUT2D eigenvalue weighted by Gasteiger charge is 2.34. The summed E-state index contributed by atoms with van der Waals surface area (Å²) in [5.41, 5.74) is 5.22. The van der Waals surface area contributed by atoms with Crippen LogP contribution in [0.5, 0.6) is 5.75 Å². The van der Waals surface area contributed by atoms with E-state index in [1.54, 1.807) is 31.4 Å². The van der Waals surface area contributed by atoms with Crippen LogP contribution < -0.4 is 10.5 Å². The zero-order chi connectivity index (χ0) is 12.2. The second-order valence-corrected chi connectivity index (χ2v) is 3.76. The first kappa shape index (κ1) is 12.5. The van der Waals surface area contributed by atoms with Crippen LogP contribution in [0.1, 0.15) is 25.3 Å². The molecule has 0 fully saturated rings. The number of nitrogens with two attached hydrogens (primary N) is 1. The topological polar surface area (TPSA) is 72.6 Å². The molecule has 1 unspecified atom stereocenters. The van der Waals surface area contributed by atoms with Gasteiger partial charge in [0.2, 0.25) is 0 Å². The predicted molar refractivity (Wildman–Crippen MR) is 61.4 cm³/mol. The van der Waals surface area contributed by atoms with E-state index < -0.39 is 11.5 Å². The van der Waals surface area contributed by atoms with Crippen LogP contribution in [0.2, 0.25) is 0 Å². The smallest absolute Gasteiger partial charge is 0.328 e. The highest BCUT2D eigenvalue weighted by molar-refractivity contribution is 5.80. The molecule has 4 heteroatoms. The number of aliphatic carboxylic acids is 1. The molecule has 0 bridgehead atoms. The molecule has 0 aliphatic carbocycles. The number of rotatable bonds is 5. The Balaban J connectivity index is 3.06. The zero-order valence-electron chi connectivity index (χ0n) is 9.56. The molecule has 4 nitrogen and oxygen atoms in total. The van der Waals surface area contributed by atoms with E-state index in [9.17, 15) is 9.90 Å². The second-order valence-electron chi connectivity index (χ2n) is 3.76. The Kier molecular flexibility index (Phi) is 3.90. The van der Waals surface area contributed by atoms with Crippen LogP contribution in [0.25, 0.3) is 0 Å². The minimum absolute atomic E-state index is 0.411. The molecule has 0 amide bonds. The van der Waals surface area contributed by atoms with Gasteiger partial charge < -0.3 is 15.6 Å². The quantitative estimate of drug-likeness (QED) is 0.797. The summed E-state index contributed by atoms with van der Waals surface area (Å²) in [6.45, 7) is 1.91. The molecule has 1 rings (SSSR count). The van der Waals surface area contributed by atoms with Crippen LogP contribution in [0, 0.1) is 0 Å². The van der Waals surface area contributed by atoms with Gasteiger partial charge in [0.15, 0.2) is 0 Å². The molecule has 1 atom stereocenters. The minimum atomic E-state index is -1.30. The van der Waals surface area contributed by atoms with Crippen LogP contribution in [0.3, 0.4) is 0 Å². The predicted octanol–water partition coefficient (Wildman–Crippen LogP) is 1.73. The molecule has 0 spiro atoms. The van der Waals surface area contributed by atoms with Crippen molar-refractivity contribution < 1.29 is 14.6 Å². The number of carboxylic acids is 1. The maximum absolute atomic E-state index is 11.2. The lowest BCUT2D eigenvalue weighted by Gasteiger charge is -2.24. The molecule has 0 heterocycles. The Morgan fingerprint density at radius 3 is 2.38 bits per heavy atom. The van der Waals surface area contributed by atoms with Gasteiger partial charge in [-0.2, -0.15) is 0 Å². The summed E-state index contributed by atoms with van der Waals surface area (Å²) in [6, 6.07) is 6.83. The van der Waals surface area contributed by atoms with E-state index in [0.717, 1.165) is 6.42 Å². The van der Waals surface area contributed by atoms with E-state index in [1.807, 2.05) is 6.92 Å². The summed E-state index contributed by atoms with van der Waals surface area (Å²) in [5, 5.41) is 9.19. The summed E-state index contributed by atoms with van der Waals surface area (Å²) in [4.78, 5) is 11.2. The fourth-order valence-electron chi connectivity index (χ4n) is 1.66. The van der Waals surface area contributed by atoms with Gasteiger partial charge in [-0.1, -0.05) is 25.5 Å². The van der Waals surface area contributed by atoms with Crippen molar-refractivity contribution >= 4 is 5.97 Å². The molecule has 88 valence electrons. The van der Waals surface area contributed by atoms with Crippen molar-refractivity contribution in [2.75, 3.05) is 7.11 Å². The Morgan fingerprint density at radius 1 is 1.44 bits per heavy atom. The van der Waals surface area contributed by atoms with Gasteiger partial charge in [-0.05, 0) is 24.1 Å². The molecule has 0 saturated heterocycles. The Labute approximate surface area is 95.0 Å². The second kappa shape index (κ2) is 4.99. The van der Waals surface area contributed by atoms with E-state index in [0.29, 0.717) is 17.7 Å². The van der Waals surface area contributed by atoms with E-state index in [2.05, 4.69) is 0 Å². The molecule has 0 aliphatic heterocycles. The van der Waals surface area contributed by atoms with Gasteiger partial charge in [0, 0.05) is 0 Å². The highest BCUT2D eigenvalue weighted by Crippen LogP contribution is 2.26. The maximum Gasteiger partial charge on any atom is 0.328 e. The lowest BCUT2D eigenvalue weighted by Crippen LogP contribution is -2.44. The third-order valence-electron chi connectivity index (χ3n) is 2.63. The van der Waals surface area contributed by atoms with Crippen molar-refractivity contribution in [3.8, 4) is 5.75 Å². The molecule has 0 radical (unpaired) electrons. The molecule has 1 aromatic carbocycles. The molecule has 3 N–H and O–H groups in total. The van der Waals surface area contributed by atoms with Crippen LogP contribution >= 0.6 is 0 Å². The standard InChI is InChI=1S/C12H17NO3/c1-3-8-12(13,11(14)15)9-4-6-10(16-2)7-5-9/h4-7H,3,8,13H2,1-2H3,(H,14,15). The van der Waals surface area contributed by atoms with Crippen molar-refractivity contribution in [2.24, 2.45) is 5.73 Å². The van der Waals surface area contributed by atoms with Gasteiger partial charge in [-0.25, -0.2) is 4.79 Å². The van der Waals surface area contributed by atoms with Crippen molar-refractivity contribution in [1.82, 2.24) is 0 Å². The van der Waals surface area contributed by atoms with Gasteiger partial charge >= 0.3 is 5.97 Å². The summed E-state index contributed by atoms with van der Waals surface area (Å²) < 4.78 is 5.01. The SMILES string of the molecule is CCCC(N)(C(=O)O)c1ccc(OC)cc1. The van der Waals surface area contributed by atoms with Crippen LogP contribution in [-0.2, 0) is 10.3 Å². The van der Waals surface area contributed by atoms with Crippen LogP contribution in [0.15, 0.2) is 24.3 Å². The number of methoxy groups -OCH3 is 1. The van der Waals surface area contributed by atoms with E-state index in [1.165, 1.54) is 0 Å². The Bertz CT molecular complexity index is 361. The van der Waals surface area contributed by atoms with Crippen molar-refractivity contribution in [3.63, 3.8) is 0 Å². The van der Waals surface area contributed by atoms with E-state index >= 15 is 0 Å². The van der Waals surface area contributed by atoms with Gasteiger partial charge in [-0.15, -0.1) is 0 Å². The minimum Gasteiger partial charge on any atom is -0.497 e. The average Bonchev–Trinajstić information content (AvgIpc) is 2.29. The third kappa shape index (κ3) is 2.33. The average molecular weight is 223 g/mol. The van der Waals surface area contributed by atoms with Crippen molar-refractivity contribution in [3.05, 3.63) is 29.8 Å². The van der Waals surface area contributed by atoms with Crippen molar-refractivity contribution in [1.29, 1.82) is 0 Å². The first-order valence-corrected chi connectivity index (χ1v) is 5.21. The summed E-state index contributed by atoms with van der Waals surface area (Å²) in [6.07, 6.45) is 1.13. The monoisotopic (exact) mass is 223 g/mol. The molecular formula is C12H17NO3. The van der Waals surface area contributed by atoms with Gasteiger partial charge in [-0.3, -0.25) is 0 Å². The first-order valence-electron chi connectivity index (χ1n) is 5.21. The van der Waals surface area contributed by atoms with Gasteiger partial charge in [0.1, 0.15) is 11.3 Å². The highest BCUT2D eigenvalue weighted by atomic mass is 16.5. The number of carbonyl (C=O) groups is 1. The number of ether oxygens (including phenoxy) is 1. The van der Waals surface area contributed by atoms with Crippen molar-refractivity contribution in [2.45, 2.75) is 25.3 Å². The fourth-order valence-corrected chi connectivity index (χ4v) is 1.66. The molecule has 1 aromatic rings. The molecular weight excluding hydrogens is 206 g/mol. The zero-order valence-corrected chi connectivity index (χ0v) is 9.56. The maximum atomic E-state index is 11.2. The number of benzene rings is 1. The number of hydrogen-bond donors (Lipinski definition) is 2. The molecule has 0 aromatic heterocycles.